The van der Waals surface area contributed by atoms with Crippen LogP contribution in [0.5, 0.6) is 0 Å². The normalized spacial score (nSPS) is 10.9. The van der Waals surface area contributed by atoms with Gasteiger partial charge in [0.1, 0.15) is 23.2 Å². The summed E-state index contributed by atoms with van der Waals surface area (Å²) in [4.78, 5) is 8.96. The van der Waals surface area contributed by atoms with Gasteiger partial charge in [0.15, 0.2) is 0 Å². The maximum Gasteiger partial charge on any atom is 0.128 e. The molecule has 0 saturated carbocycles. The van der Waals surface area contributed by atoms with Crippen molar-refractivity contribution in [3.05, 3.63) is 47.8 Å². The van der Waals surface area contributed by atoms with Gasteiger partial charge in [0.05, 0.1) is 17.6 Å². The largest absolute Gasteiger partial charge is 0.337 e. The lowest BCUT2D eigenvalue weighted by Crippen LogP contribution is -2.09. The minimum Gasteiger partial charge on any atom is -0.337 e. The van der Waals surface area contributed by atoms with Gasteiger partial charge in [-0.1, -0.05) is 6.07 Å². The van der Waals surface area contributed by atoms with Crippen molar-refractivity contribution in [3.63, 3.8) is 0 Å². The first-order valence-corrected chi connectivity index (χ1v) is 7.18. The molecule has 0 bridgehead atoms. The summed E-state index contributed by atoms with van der Waals surface area (Å²) in [5.74, 6) is 2.31. The number of imidazole rings is 2. The number of aromatic nitrogens is 4. The molecule has 0 unspecified atom stereocenters. The second kappa shape index (κ2) is 5.58. The zero-order valence-electron chi connectivity index (χ0n) is 11.6. The van der Waals surface area contributed by atoms with E-state index in [1.54, 1.807) is 12.3 Å². The first-order chi connectivity index (χ1) is 10.2. The van der Waals surface area contributed by atoms with E-state index in [-0.39, 0.29) is 0 Å². The van der Waals surface area contributed by atoms with Crippen molar-refractivity contribution in [2.24, 2.45) is 7.05 Å². The molecular weight excluding hydrogens is 286 g/mol. The summed E-state index contributed by atoms with van der Waals surface area (Å²) in [6.45, 7) is 0.612. The number of alkyl halides is 1. The Hall–Kier alpha value is -2.32. The van der Waals surface area contributed by atoms with Crippen molar-refractivity contribution in [1.82, 2.24) is 19.1 Å². The maximum absolute atomic E-state index is 9.22. The van der Waals surface area contributed by atoms with Crippen LogP contribution in [0.3, 0.4) is 0 Å². The first kappa shape index (κ1) is 13.7. The Kier molecular flexibility index (Phi) is 3.63. The van der Waals surface area contributed by atoms with Crippen molar-refractivity contribution in [3.8, 4) is 6.07 Å². The number of nitrogens with zero attached hydrogens (tertiary/aromatic N) is 5. The summed E-state index contributed by atoms with van der Waals surface area (Å²) in [5, 5.41) is 9.22. The van der Waals surface area contributed by atoms with Crippen molar-refractivity contribution >= 4 is 22.6 Å². The maximum atomic E-state index is 9.22. The summed E-state index contributed by atoms with van der Waals surface area (Å²) < 4.78 is 4.06. The lowest BCUT2D eigenvalue weighted by atomic mass is 10.2. The summed E-state index contributed by atoms with van der Waals surface area (Å²) in [7, 11) is 1.96. The molecule has 3 rings (SSSR count). The van der Waals surface area contributed by atoms with Crippen molar-refractivity contribution in [2.45, 2.75) is 13.0 Å². The Morgan fingerprint density at radius 2 is 2.19 bits per heavy atom. The van der Waals surface area contributed by atoms with Gasteiger partial charge in [0.25, 0.3) is 0 Å². The third-order valence-electron chi connectivity index (χ3n) is 3.52. The molecule has 2 aromatic heterocycles. The van der Waals surface area contributed by atoms with E-state index in [4.69, 9.17) is 11.6 Å². The third kappa shape index (κ3) is 2.39. The number of para-hydroxylation sites is 1. The molecule has 0 aliphatic heterocycles. The highest BCUT2D eigenvalue weighted by Gasteiger charge is 2.14. The van der Waals surface area contributed by atoms with Crippen LogP contribution >= 0.6 is 11.6 Å². The van der Waals surface area contributed by atoms with E-state index < -0.39 is 0 Å². The molecule has 0 aliphatic rings. The van der Waals surface area contributed by atoms with E-state index in [2.05, 4.69) is 20.6 Å². The number of hydrogen-bond acceptors (Lipinski definition) is 3. The molecule has 1 aromatic carbocycles. The second-order valence-electron chi connectivity index (χ2n) is 4.79. The number of halogens is 1. The molecule has 0 fully saturated rings. The molecule has 5 nitrogen and oxygen atoms in total. The fraction of sp³-hybridized carbons (Fsp3) is 0.267. The van der Waals surface area contributed by atoms with Gasteiger partial charge < -0.3 is 9.13 Å². The minimum absolute atomic E-state index is 0.492. The fourth-order valence-electron chi connectivity index (χ4n) is 2.43. The van der Waals surface area contributed by atoms with E-state index in [0.29, 0.717) is 24.4 Å². The number of hydrogen-bond donors (Lipinski definition) is 0. The minimum atomic E-state index is 0.492. The van der Waals surface area contributed by atoms with Crippen molar-refractivity contribution in [1.29, 1.82) is 5.26 Å². The van der Waals surface area contributed by atoms with Gasteiger partial charge in [-0.15, -0.1) is 11.6 Å². The van der Waals surface area contributed by atoms with Crippen LogP contribution in [0.2, 0.25) is 0 Å². The zero-order valence-corrected chi connectivity index (χ0v) is 12.4. The zero-order chi connectivity index (χ0) is 14.8. The molecule has 0 radical (unpaired) electrons. The molecule has 2 heterocycles. The highest BCUT2D eigenvalue weighted by atomic mass is 35.5. The Morgan fingerprint density at radius 3 is 2.86 bits per heavy atom. The molecule has 6 heteroatoms. The topological polar surface area (TPSA) is 59.4 Å². The van der Waals surface area contributed by atoms with E-state index in [9.17, 15) is 5.26 Å². The van der Waals surface area contributed by atoms with Crippen LogP contribution in [0, 0.1) is 11.3 Å². The molecule has 0 aliphatic carbocycles. The Balaban J connectivity index is 2.17. The number of benzene rings is 1. The summed E-state index contributed by atoms with van der Waals surface area (Å²) in [5.41, 5.74) is 2.26. The Labute approximate surface area is 127 Å². The van der Waals surface area contributed by atoms with Gasteiger partial charge in [0, 0.05) is 31.7 Å². The highest BCUT2D eigenvalue weighted by molar-refractivity contribution is 6.17. The van der Waals surface area contributed by atoms with Crippen LogP contribution in [-0.2, 0) is 20.0 Å². The average Bonchev–Trinajstić information content (AvgIpc) is 3.05. The molecule has 21 heavy (non-hydrogen) atoms. The van der Waals surface area contributed by atoms with Crippen molar-refractivity contribution < 1.29 is 0 Å². The molecule has 0 N–H and O–H groups in total. The molecule has 3 aromatic rings. The lowest BCUT2D eigenvalue weighted by molar-refractivity contribution is 0.682. The third-order valence-corrected chi connectivity index (χ3v) is 3.71. The van der Waals surface area contributed by atoms with Crippen LogP contribution in [-0.4, -0.2) is 25.0 Å². The first-order valence-electron chi connectivity index (χ1n) is 6.65. The molecule has 0 spiro atoms. The van der Waals surface area contributed by atoms with Crippen molar-refractivity contribution in [2.75, 3.05) is 5.88 Å². The monoisotopic (exact) mass is 299 g/mol. The molecule has 0 saturated heterocycles. The number of rotatable bonds is 4. The Bertz CT molecular complexity index is 824. The SMILES string of the molecule is Cn1ccnc1Cn1c(CCCl)nc2c(C#N)cccc21. The summed E-state index contributed by atoms with van der Waals surface area (Å²) in [6, 6.07) is 7.83. The predicted octanol–water partition coefficient (Wildman–Crippen LogP) is 2.47. The molecular formula is C15H14ClN5. The van der Waals surface area contributed by atoms with Crippen LogP contribution in [0.15, 0.2) is 30.6 Å². The summed E-state index contributed by atoms with van der Waals surface area (Å²) in [6.07, 6.45) is 4.35. The summed E-state index contributed by atoms with van der Waals surface area (Å²) >= 11 is 5.88. The van der Waals surface area contributed by atoms with E-state index in [1.807, 2.05) is 29.9 Å². The fourth-order valence-corrected chi connectivity index (χ4v) is 2.60. The standard InChI is InChI=1S/C15H14ClN5/c1-20-8-7-18-14(20)10-21-12-4-2-3-11(9-17)15(12)19-13(21)5-6-16/h2-4,7-8H,5-6,10H2,1H3. The molecule has 0 amide bonds. The van der Waals surface area contributed by atoms with Gasteiger partial charge in [-0.2, -0.15) is 5.26 Å². The number of fused-ring (bicyclic) bond motifs is 1. The second-order valence-corrected chi connectivity index (χ2v) is 5.17. The Morgan fingerprint density at radius 1 is 1.33 bits per heavy atom. The van der Waals surface area contributed by atoms with Gasteiger partial charge >= 0.3 is 0 Å². The van der Waals surface area contributed by atoms with Crippen LogP contribution < -0.4 is 0 Å². The molecule has 106 valence electrons. The van der Waals surface area contributed by atoms with Gasteiger partial charge in [0.2, 0.25) is 0 Å². The van der Waals surface area contributed by atoms with E-state index in [1.165, 1.54) is 0 Å². The van der Waals surface area contributed by atoms with Crippen LogP contribution in [0.1, 0.15) is 17.2 Å². The quantitative estimate of drug-likeness (QED) is 0.695. The van der Waals surface area contributed by atoms with Gasteiger partial charge in [-0.25, -0.2) is 9.97 Å². The highest BCUT2D eigenvalue weighted by Crippen LogP contribution is 2.21. The van der Waals surface area contributed by atoms with Crippen LogP contribution in [0.25, 0.3) is 11.0 Å². The van der Waals surface area contributed by atoms with E-state index >= 15 is 0 Å². The molecule has 0 atom stereocenters. The smallest absolute Gasteiger partial charge is 0.128 e. The predicted molar refractivity (Wildman–Crippen MR) is 81.2 cm³/mol. The van der Waals surface area contributed by atoms with Gasteiger partial charge in [-0.3, -0.25) is 0 Å². The lowest BCUT2D eigenvalue weighted by Gasteiger charge is -2.08. The van der Waals surface area contributed by atoms with Gasteiger partial charge in [-0.05, 0) is 12.1 Å². The number of aryl methyl sites for hydroxylation is 2. The van der Waals surface area contributed by atoms with E-state index in [0.717, 1.165) is 22.7 Å². The number of nitriles is 1. The average molecular weight is 300 g/mol. The van der Waals surface area contributed by atoms with Crippen LogP contribution in [0.4, 0.5) is 0 Å².